The van der Waals surface area contributed by atoms with Gasteiger partial charge in [0.25, 0.3) is 0 Å². The van der Waals surface area contributed by atoms with Gasteiger partial charge in [-0.2, -0.15) is 0 Å². The number of hydrogen-bond acceptors (Lipinski definition) is 5. The molecule has 0 unspecified atom stereocenters. The first kappa shape index (κ1) is 14.5. The smallest absolute Gasteiger partial charge is 0.336 e. The van der Waals surface area contributed by atoms with Crippen LogP contribution in [0.15, 0.2) is 50.9 Å². The topological polar surface area (TPSA) is 93.3 Å². The number of carboxylic acid groups (broad SMARTS) is 1. The lowest BCUT2D eigenvalue weighted by Crippen LogP contribution is -1.99. The fraction of sp³-hybridized carbons (Fsp3) is 0. The number of carboxylic acids is 1. The van der Waals surface area contributed by atoms with Crippen LogP contribution in [0.3, 0.4) is 0 Å². The molecular weight excluding hydrogens is 348 g/mol. The normalized spacial score (nSPS) is 10.2. The Morgan fingerprint density at radius 3 is 2.80 bits per heavy atom. The highest BCUT2D eigenvalue weighted by molar-refractivity contribution is 9.10. The fourth-order valence-corrected chi connectivity index (χ4v) is 2.99. The van der Waals surface area contributed by atoms with Crippen molar-refractivity contribution in [3.05, 3.63) is 56.7 Å². The Bertz CT molecular complexity index is 693. The second kappa shape index (κ2) is 6.02. The zero-order chi connectivity index (χ0) is 14.7. The summed E-state index contributed by atoms with van der Waals surface area (Å²) in [6.45, 7) is 0. The standard InChI is InChI=1S/C12H7BrN2O4S/c13-7-3-4-8(12(16)17)10(6-7)20-11-9(15(18)19)2-1-5-14-11/h1-6H,(H,16,17). The zero-order valence-corrected chi connectivity index (χ0v) is 12.2. The Labute approximate surface area is 126 Å². The molecule has 1 aromatic carbocycles. The zero-order valence-electron chi connectivity index (χ0n) is 9.82. The van der Waals surface area contributed by atoms with Crippen molar-refractivity contribution in [2.45, 2.75) is 9.92 Å². The highest BCUT2D eigenvalue weighted by Crippen LogP contribution is 2.35. The third-order valence-corrected chi connectivity index (χ3v) is 3.89. The number of hydrogen-bond donors (Lipinski definition) is 1. The average molecular weight is 355 g/mol. The van der Waals surface area contributed by atoms with Gasteiger partial charge in [0, 0.05) is 21.6 Å². The Morgan fingerprint density at radius 1 is 1.40 bits per heavy atom. The summed E-state index contributed by atoms with van der Waals surface area (Å²) in [6.07, 6.45) is 1.42. The van der Waals surface area contributed by atoms with Gasteiger partial charge in [-0.05, 0) is 24.3 Å². The van der Waals surface area contributed by atoms with E-state index >= 15 is 0 Å². The molecule has 102 valence electrons. The fourth-order valence-electron chi connectivity index (χ4n) is 1.46. The van der Waals surface area contributed by atoms with Gasteiger partial charge in [0.1, 0.15) is 0 Å². The number of nitrogens with zero attached hydrogens (tertiary/aromatic N) is 2. The van der Waals surface area contributed by atoms with E-state index in [1.807, 2.05) is 0 Å². The van der Waals surface area contributed by atoms with E-state index in [2.05, 4.69) is 20.9 Å². The summed E-state index contributed by atoms with van der Waals surface area (Å²) in [5.74, 6) is -1.10. The average Bonchev–Trinajstić information content (AvgIpc) is 2.38. The maximum atomic E-state index is 11.2. The molecule has 0 amide bonds. The number of aromatic carboxylic acids is 1. The molecule has 6 nitrogen and oxygen atoms in total. The molecule has 0 radical (unpaired) electrons. The van der Waals surface area contributed by atoms with Gasteiger partial charge in [-0.3, -0.25) is 10.1 Å². The van der Waals surface area contributed by atoms with Crippen molar-refractivity contribution in [1.82, 2.24) is 4.98 Å². The molecule has 2 rings (SSSR count). The van der Waals surface area contributed by atoms with Crippen molar-refractivity contribution in [2.24, 2.45) is 0 Å². The summed E-state index contributed by atoms with van der Waals surface area (Å²) < 4.78 is 0.684. The molecule has 0 spiro atoms. The van der Waals surface area contributed by atoms with E-state index in [4.69, 9.17) is 5.11 Å². The first-order valence-electron chi connectivity index (χ1n) is 5.29. The van der Waals surface area contributed by atoms with Crippen LogP contribution in [-0.2, 0) is 0 Å². The molecule has 8 heteroatoms. The predicted octanol–water partition coefficient (Wildman–Crippen LogP) is 3.60. The van der Waals surface area contributed by atoms with Gasteiger partial charge in [0.15, 0.2) is 5.03 Å². The summed E-state index contributed by atoms with van der Waals surface area (Å²) in [4.78, 5) is 25.9. The van der Waals surface area contributed by atoms with Crippen molar-refractivity contribution in [2.75, 3.05) is 0 Å². The highest BCUT2D eigenvalue weighted by atomic mass is 79.9. The largest absolute Gasteiger partial charge is 0.478 e. The third-order valence-electron chi connectivity index (χ3n) is 2.33. The van der Waals surface area contributed by atoms with Crippen molar-refractivity contribution in [1.29, 1.82) is 0 Å². The van der Waals surface area contributed by atoms with Crippen LogP contribution in [0.4, 0.5) is 5.69 Å². The number of pyridine rings is 1. The summed E-state index contributed by atoms with van der Waals surface area (Å²) in [5, 5.41) is 20.2. The lowest BCUT2D eigenvalue weighted by atomic mass is 10.2. The minimum Gasteiger partial charge on any atom is -0.478 e. The van der Waals surface area contributed by atoms with E-state index in [-0.39, 0.29) is 16.3 Å². The van der Waals surface area contributed by atoms with Crippen LogP contribution >= 0.6 is 27.7 Å². The van der Waals surface area contributed by atoms with Crippen LogP contribution in [-0.4, -0.2) is 21.0 Å². The summed E-state index contributed by atoms with van der Waals surface area (Å²) in [5.41, 5.74) is -0.0908. The van der Waals surface area contributed by atoms with E-state index in [9.17, 15) is 14.9 Å². The molecule has 2 aromatic rings. The second-order valence-electron chi connectivity index (χ2n) is 3.63. The van der Waals surface area contributed by atoms with Crippen LogP contribution in [0.25, 0.3) is 0 Å². The van der Waals surface area contributed by atoms with Gasteiger partial charge in [-0.15, -0.1) is 0 Å². The number of rotatable bonds is 4. The lowest BCUT2D eigenvalue weighted by Gasteiger charge is -2.06. The van der Waals surface area contributed by atoms with Crippen LogP contribution in [0.2, 0.25) is 0 Å². The monoisotopic (exact) mass is 354 g/mol. The minimum atomic E-state index is -1.10. The third kappa shape index (κ3) is 3.14. The summed E-state index contributed by atoms with van der Waals surface area (Å²) in [7, 11) is 0. The molecular formula is C12H7BrN2O4S. The highest BCUT2D eigenvalue weighted by Gasteiger charge is 2.19. The number of halogens is 1. The molecule has 0 aliphatic rings. The van der Waals surface area contributed by atoms with Gasteiger partial charge in [-0.25, -0.2) is 9.78 Å². The molecule has 20 heavy (non-hydrogen) atoms. The molecule has 0 saturated heterocycles. The lowest BCUT2D eigenvalue weighted by molar-refractivity contribution is -0.388. The van der Waals surface area contributed by atoms with Crippen molar-refractivity contribution >= 4 is 39.3 Å². The van der Waals surface area contributed by atoms with Crippen LogP contribution in [0, 0.1) is 10.1 Å². The van der Waals surface area contributed by atoms with E-state index < -0.39 is 10.9 Å². The molecule has 1 aromatic heterocycles. The molecule has 1 heterocycles. The van der Waals surface area contributed by atoms with E-state index in [1.54, 1.807) is 12.1 Å². The van der Waals surface area contributed by atoms with Crippen molar-refractivity contribution < 1.29 is 14.8 Å². The molecule has 0 fully saturated rings. The molecule has 0 aliphatic carbocycles. The van der Waals surface area contributed by atoms with Crippen LogP contribution in [0.5, 0.6) is 0 Å². The molecule has 0 atom stereocenters. The van der Waals surface area contributed by atoms with Gasteiger partial charge in [0.2, 0.25) is 0 Å². The number of aromatic nitrogens is 1. The van der Waals surface area contributed by atoms with E-state index in [0.29, 0.717) is 9.37 Å². The van der Waals surface area contributed by atoms with Crippen molar-refractivity contribution in [3.8, 4) is 0 Å². The number of benzene rings is 1. The summed E-state index contributed by atoms with van der Waals surface area (Å²) >= 11 is 4.19. The maximum Gasteiger partial charge on any atom is 0.336 e. The Hall–Kier alpha value is -1.93. The Morgan fingerprint density at radius 2 is 2.15 bits per heavy atom. The van der Waals surface area contributed by atoms with Gasteiger partial charge in [0.05, 0.1) is 10.5 Å². The van der Waals surface area contributed by atoms with E-state index in [0.717, 1.165) is 11.8 Å². The molecule has 0 saturated carbocycles. The molecule has 1 N–H and O–H groups in total. The SMILES string of the molecule is O=C(O)c1ccc(Br)cc1Sc1ncccc1[N+](=O)[O-]. The minimum absolute atomic E-state index is 0.0677. The maximum absolute atomic E-state index is 11.2. The van der Waals surface area contributed by atoms with Crippen LogP contribution in [0.1, 0.15) is 10.4 Å². The van der Waals surface area contributed by atoms with Crippen molar-refractivity contribution in [3.63, 3.8) is 0 Å². The summed E-state index contributed by atoms with van der Waals surface area (Å²) in [6, 6.07) is 7.41. The second-order valence-corrected chi connectivity index (χ2v) is 5.58. The molecule has 0 bridgehead atoms. The van der Waals surface area contributed by atoms with Gasteiger partial charge < -0.3 is 5.11 Å². The molecule has 0 aliphatic heterocycles. The Balaban J connectivity index is 2.47. The van der Waals surface area contributed by atoms with Gasteiger partial charge in [-0.1, -0.05) is 27.7 Å². The number of carbonyl (C=O) groups is 1. The van der Waals surface area contributed by atoms with Crippen LogP contribution < -0.4 is 0 Å². The van der Waals surface area contributed by atoms with E-state index in [1.165, 1.54) is 24.4 Å². The first-order chi connectivity index (χ1) is 9.49. The van der Waals surface area contributed by atoms with Gasteiger partial charge >= 0.3 is 11.7 Å². The first-order valence-corrected chi connectivity index (χ1v) is 6.90. The number of nitro groups is 1. The Kier molecular flexibility index (Phi) is 4.35. The quantitative estimate of drug-likeness (QED) is 0.665. The predicted molar refractivity (Wildman–Crippen MR) is 76.1 cm³/mol.